The predicted octanol–water partition coefficient (Wildman–Crippen LogP) is 1.95. The van der Waals surface area contributed by atoms with E-state index in [1.165, 1.54) is 25.7 Å². The summed E-state index contributed by atoms with van der Waals surface area (Å²) in [6.45, 7) is 8.49. The molecule has 1 aliphatic carbocycles. The SMILES string of the molecule is CN=C(NCCCN1CCCC(C(N)=O)C1)NC1CCC(C(C)C)CC1. The predicted molar refractivity (Wildman–Crippen MR) is 108 cm³/mol. The molecule has 1 aliphatic heterocycles. The number of rotatable bonds is 7. The lowest BCUT2D eigenvalue weighted by atomic mass is 9.80. The van der Waals surface area contributed by atoms with Gasteiger partial charge in [0, 0.05) is 26.2 Å². The smallest absolute Gasteiger partial charge is 0.221 e. The minimum Gasteiger partial charge on any atom is -0.369 e. The van der Waals surface area contributed by atoms with Crippen LogP contribution in [-0.2, 0) is 4.79 Å². The van der Waals surface area contributed by atoms with E-state index in [9.17, 15) is 4.79 Å². The van der Waals surface area contributed by atoms with Gasteiger partial charge in [-0.3, -0.25) is 9.79 Å². The number of nitrogens with one attached hydrogen (secondary N) is 2. The zero-order valence-corrected chi connectivity index (χ0v) is 17.0. The molecule has 6 nitrogen and oxygen atoms in total. The number of hydrogen-bond acceptors (Lipinski definition) is 3. The average molecular weight is 366 g/mol. The highest BCUT2D eigenvalue weighted by Crippen LogP contribution is 2.29. The Morgan fingerprint density at radius 1 is 1.23 bits per heavy atom. The number of aliphatic imine (C=N–C) groups is 1. The monoisotopic (exact) mass is 365 g/mol. The minimum atomic E-state index is -0.149. The molecule has 2 rings (SSSR count). The number of carbonyl (C=O) groups is 1. The summed E-state index contributed by atoms with van der Waals surface area (Å²) in [5.74, 6) is 2.50. The Balaban J connectivity index is 1.61. The van der Waals surface area contributed by atoms with E-state index >= 15 is 0 Å². The van der Waals surface area contributed by atoms with E-state index in [4.69, 9.17) is 5.73 Å². The lowest BCUT2D eigenvalue weighted by molar-refractivity contribution is -0.123. The second kappa shape index (κ2) is 10.8. The van der Waals surface area contributed by atoms with E-state index in [0.29, 0.717) is 6.04 Å². The molecule has 0 aromatic heterocycles. The Labute approximate surface area is 159 Å². The highest BCUT2D eigenvalue weighted by atomic mass is 16.1. The highest BCUT2D eigenvalue weighted by Gasteiger charge is 2.24. The van der Waals surface area contributed by atoms with Gasteiger partial charge in [-0.25, -0.2) is 0 Å². The topological polar surface area (TPSA) is 82.8 Å². The second-order valence-electron chi connectivity index (χ2n) is 8.39. The first-order valence-electron chi connectivity index (χ1n) is 10.5. The van der Waals surface area contributed by atoms with Crippen molar-refractivity contribution in [2.75, 3.05) is 33.2 Å². The molecule has 1 heterocycles. The molecule has 0 aromatic rings. The van der Waals surface area contributed by atoms with Gasteiger partial charge in [0.05, 0.1) is 5.92 Å². The molecular formula is C20H39N5O. The number of amides is 1. The summed E-state index contributed by atoms with van der Waals surface area (Å²) in [4.78, 5) is 18.1. The third kappa shape index (κ3) is 6.78. The summed E-state index contributed by atoms with van der Waals surface area (Å²) in [7, 11) is 1.84. The number of piperidine rings is 1. The van der Waals surface area contributed by atoms with Crippen LogP contribution in [0.2, 0.25) is 0 Å². The van der Waals surface area contributed by atoms with Crippen LogP contribution in [0.25, 0.3) is 0 Å². The Kier molecular flexibility index (Phi) is 8.69. The van der Waals surface area contributed by atoms with Crippen molar-refractivity contribution in [3.05, 3.63) is 0 Å². The molecule has 0 bridgehead atoms. The molecule has 4 N–H and O–H groups in total. The first-order valence-corrected chi connectivity index (χ1v) is 10.5. The number of nitrogens with two attached hydrogens (primary N) is 1. The van der Waals surface area contributed by atoms with Crippen LogP contribution in [-0.4, -0.2) is 56.0 Å². The van der Waals surface area contributed by atoms with Gasteiger partial charge in [-0.15, -0.1) is 0 Å². The van der Waals surface area contributed by atoms with Crippen LogP contribution in [0.4, 0.5) is 0 Å². The largest absolute Gasteiger partial charge is 0.369 e. The molecule has 1 saturated carbocycles. The fraction of sp³-hybridized carbons (Fsp3) is 0.900. The van der Waals surface area contributed by atoms with Crippen molar-refractivity contribution in [3.8, 4) is 0 Å². The number of guanidine groups is 1. The second-order valence-corrected chi connectivity index (χ2v) is 8.39. The van der Waals surface area contributed by atoms with Gasteiger partial charge in [0.25, 0.3) is 0 Å². The standard InChI is InChI=1S/C20H39N5O/c1-15(2)16-7-9-18(10-8-16)24-20(22-3)23-11-5-13-25-12-4-6-17(14-25)19(21)26/h15-18H,4-14H2,1-3H3,(H2,21,26)(H2,22,23,24). The van der Waals surface area contributed by atoms with Gasteiger partial charge < -0.3 is 21.3 Å². The van der Waals surface area contributed by atoms with Crippen LogP contribution in [0.3, 0.4) is 0 Å². The third-order valence-electron chi connectivity index (χ3n) is 6.13. The molecule has 0 radical (unpaired) electrons. The van der Waals surface area contributed by atoms with Gasteiger partial charge in [0.2, 0.25) is 5.91 Å². The fourth-order valence-corrected chi connectivity index (χ4v) is 4.32. The maximum absolute atomic E-state index is 11.4. The molecule has 2 fully saturated rings. The summed E-state index contributed by atoms with van der Waals surface area (Å²) in [5, 5.41) is 7.03. The molecule has 0 aromatic carbocycles. The normalized spacial score (nSPS) is 28.2. The number of carbonyl (C=O) groups excluding carboxylic acids is 1. The van der Waals surface area contributed by atoms with Gasteiger partial charge >= 0.3 is 0 Å². The Morgan fingerprint density at radius 3 is 2.58 bits per heavy atom. The number of nitrogens with zero attached hydrogens (tertiary/aromatic N) is 2. The molecule has 1 amide bonds. The summed E-state index contributed by atoms with van der Waals surface area (Å²) in [5.41, 5.74) is 5.45. The maximum Gasteiger partial charge on any atom is 0.221 e. The fourth-order valence-electron chi connectivity index (χ4n) is 4.32. The molecule has 1 atom stereocenters. The summed E-state index contributed by atoms with van der Waals surface area (Å²) >= 11 is 0. The molecule has 6 heteroatoms. The van der Waals surface area contributed by atoms with Crippen molar-refractivity contribution < 1.29 is 4.79 Å². The van der Waals surface area contributed by atoms with Crippen LogP contribution in [0.15, 0.2) is 4.99 Å². The van der Waals surface area contributed by atoms with Crippen molar-refractivity contribution in [3.63, 3.8) is 0 Å². The molecular weight excluding hydrogens is 326 g/mol. The van der Waals surface area contributed by atoms with Crippen molar-refractivity contribution in [2.45, 2.75) is 64.8 Å². The molecule has 0 spiro atoms. The zero-order chi connectivity index (χ0) is 18.9. The molecule has 1 unspecified atom stereocenters. The van der Waals surface area contributed by atoms with Crippen LogP contribution in [0.1, 0.15) is 58.8 Å². The number of hydrogen-bond donors (Lipinski definition) is 3. The highest BCUT2D eigenvalue weighted by molar-refractivity contribution is 5.79. The Morgan fingerprint density at radius 2 is 1.96 bits per heavy atom. The van der Waals surface area contributed by atoms with Crippen molar-refractivity contribution in [1.29, 1.82) is 0 Å². The van der Waals surface area contributed by atoms with Gasteiger partial charge in [-0.2, -0.15) is 0 Å². The molecule has 1 saturated heterocycles. The molecule has 26 heavy (non-hydrogen) atoms. The summed E-state index contributed by atoms with van der Waals surface area (Å²) in [6, 6.07) is 0.551. The third-order valence-corrected chi connectivity index (χ3v) is 6.13. The average Bonchev–Trinajstić information content (AvgIpc) is 2.64. The summed E-state index contributed by atoms with van der Waals surface area (Å²) < 4.78 is 0. The molecule has 150 valence electrons. The number of likely N-dealkylation sites (tertiary alicyclic amines) is 1. The van der Waals surface area contributed by atoms with Gasteiger partial charge in [-0.1, -0.05) is 13.8 Å². The van der Waals surface area contributed by atoms with Crippen LogP contribution >= 0.6 is 0 Å². The van der Waals surface area contributed by atoms with Crippen molar-refractivity contribution >= 4 is 11.9 Å². The lowest BCUT2D eigenvalue weighted by Crippen LogP contribution is -2.46. The van der Waals surface area contributed by atoms with Crippen LogP contribution in [0, 0.1) is 17.8 Å². The first kappa shape index (κ1) is 21.0. The van der Waals surface area contributed by atoms with Gasteiger partial charge in [0.15, 0.2) is 5.96 Å². The van der Waals surface area contributed by atoms with E-state index in [-0.39, 0.29) is 11.8 Å². The van der Waals surface area contributed by atoms with Crippen LogP contribution < -0.4 is 16.4 Å². The van der Waals surface area contributed by atoms with Crippen molar-refractivity contribution in [2.24, 2.45) is 28.5 Å². The van der Waals surface area contributed by atoms with E-state index in [0.717, 1.165) is 63.2 Å². The Hall–Kier alpha value is -1.30. The van der Waals surface area contributed by atoms with Gasteiger partial charge in [0.1, 0.15) is 0 Å². The quantitative estimate of drug-likeness (QED) is 0.366. The summed E-state index contributed by atoms with van der Waals surface area (Å²) in [6.07, 6.45) is 8.19. The van der Waals surface area contributed by atoms with E-state index in [1.807, 2.05) is 7.05 Å². The molecule has 2 aliphatic rings. The first-order chi connectivity index (χ1) is 12.5. The minimum absolute atomic E-state index is 0.0344. The van der Waals surface area contributed by atoms with E-state index in [2.05, 4.69) is 34.4 Å². The maximum atomic E-state index is 11.4. The zero-order valence-electron chi connectivity index (χ0n) is 17.0. The van der Waals surface area contributed by atoms with E-state index < -0.39 is 0 Å². The van der Waals surface area contributed by atoms with Crippen molar-refractivity contribution in [1.82, 2.24) is 15.5 Å². The Bertz CT molecular complexity index is 457. The lowest BCUT2D eigenvalue weighted by Gasteiger charge is -2.32. The number of primary amides is 1. The van der Waals surface area contributed by atoms with Gasteiger partial charge in [-0.05, 0) is 69.9 Å². The van der Waals surface area contributed by atoms with Crippen LogP contribution in [0.5, 0.6) is 0 Å². The van der Waals surface area contributed by atoms with E-state index in [1.54, 1.807) is 0 Å².